The minimum atomic E-state index is 0.236. The molecule has 1 unspecified atom stereocenters. The van der Waals surface area contributed by atoms with Gasteiger partial charge in [-0.3, -0.25) is 0 Å². The topological polar surface area (TPSA) is 3.88 Å². The zero-order valence-corrected chi connectivity index (χ0v) is 11.6. The lowest BCUT2D eigenvalue weighted by Crippen LogP contribution is -2.54. The Labute approximate surface area is 106 Å². The molecule has 0 aliphatic carbocycles. The standard InChI is InChI=1S/C11H11BrNS2/c1-11(6-12)7-14-10-13(11)8-4-2-3-5-9(8)15-10/h2-5H,6-7H2,1H3/q+1. The highest BCUT2D eigenvalue weighted by Crippen LogP contribution is 2.39. The number of halogens is 1. The van der Waals surface area contributed by atoms with Crippen LogP contribution in [0.2, 0.25) is 0 Å². The number of hydrogen-bond donors (Lipinski definition) is 0. The number of nitrogens with zero attached hydrogens (tertiary/aromatic N) is 1. The average molecular weight is 301 g/mol. The molecule has 1 aromatic heterocycles. The van der Waals surface area contributed by atoms with E-state index in [1.54, 1.807) is 0 Å². The predicted octanol–water partition coefficient (Wildman–Crippen LogP) is 3.40. The van der Waals surface area contributed by atoms with E-state index in [0.29, 0.717) is 0 Å². The Hall–Kier alpha value is -0.0600. The van der Waals surface area contributed by atoms with E-state index in [1.165, 1.54) is 20.3 Å². The molecular formula is C11H11BrNS2+. The molecule has 0 spiro atoms. The van der Waals surface area contributed by atoms with Crippen molar-refractivity contribution < 1.29 is 4.57 Å². The van der Waals surface area contributed by atoms with Crippen LogP contribution in [0.4, 0.5) is 0 Å². The van der Waals surface area contributed by atoms with Crippen LogP contribution in [0.3, 0.4) is 0 Å². The Balaban J connectivity index is 2.34. The van der Waals surface area contributed by atoms with E-state index in [1.807, 2.05) is 23.1 Å². The third-order valence-electron chi connectivity index (χ3n) is 2.82. The average Bonchev–Trinajstić information content (AvgIpc) is 2.78. The first-order chi connectivity index (χ1) is 7.24. The summed E-state index contributed by atoms with van der Waals surface area (Å²) in [6.07, 6.45) is 0. The first-order valence-corrected chi connectivity index (χ1v) is 7.80. The third-order valence-corrected chi connectivity index (χ3v) is 6.75. The van der Waals surface area contributed by atoms with E-state index < -0.39 is 0 Å². The maximum absolute atomic E-state index is 3.64. The summed E-state index contributed by atoms with van der Waals surface area (Å²) in [6, 6.07) is 8.67. The van der Waals surface area contributed by atoms with Gasteiger partial charge >= 0.3 is 0 Å². The maximum atomic E-state index is 3.64. The molecule has 0 N–H and O–H groups in total. The molecule has 0 saturated heterocycles. The number of thiazole rings is 1. The lowest BCUT2D eigenvalue weighted by Gasteiger charge is -2.13. The monoisotopic (exact) mass is 300 g/mol. The molecule has 1 aliphatic heterocycles. The van der Waals surface area contributed by atoms with Gasteiger partial charge in [0, 0.05) is 13.0 Å². The Kier molecular flexibility index (Phi) is 2.34. The van der Waals surface area contributed by atoms with Crippen LogP contribution in [0, 0.1) is 0 Å². The van der Waals surface area contributed by atoms with Gasteiger partial charge in [0.05, 0.1) is 11.1 Å². The van der Waals surface area contributed by atoms with Gasteiger partial charge in [0.25, 0.3) is 4.34 Å². The quantitative estimate of drug-likeness (QED) is 0.577. The normalized spacial score (nSPS) is 24.7. The zero-order valence-electron chi connectivity index (χ0n) is 8.37. The molecule has 2 aromatic rings. The Morgan fingerprint density at radius 3 is 3.07 bits per heavy atom. The van der Waals surface area contributed by atoms with E-state index >= 15 is 0 Å². The Bertz CT molecular complexity index is 522. The summed E-state index contributed by atoms with van der Waals surface area (Å²) in [6.45, 7) is 2.32. The van der Waals surface area contributed by atoms with Gasteiger partial charge in [0.2, 0.25) is 5.52 Å². The second-order valence-corrected chi connectivity index (χ2v) is 6.90. The van der Waals surface area contributed by atoms with Crippen molar-refractivity contribution in [2.45, 2.75) is 16.8 Å². The molecule has 0 radical (unpaired) electrons. The minimum absolute atomic E-state index is 0.236. The van der Waals surface area contributed by atoms with Crippen LogP contribution < -0.4 is 4.57 Å². The fraction of sp³-hybridized carbons (Fsp3) is 0.364. The molecule has 4 heteroatoms. The summed E-state index contributed by atoms with van der Waals surface area (Å²) in [5, 5.41) is 1.02. The highest BCUT2D eigenvalue weighted by molar-refractivity contribution is 9.09. The molecule has 0 amide bonds. The fourth-order valence-electron chi connectivity index (χ4n) is 1.95. The number of fused-ring (bicyclic) bond motifs is 3. The molecule has 1 aromatic carbocycles. The van der Waals surface area contributed by atoms with Crippen molar-refractivity contribution in [3.8, 4) is 0 Å². The second kappa shape index (κ2) is 3.47. The van der Waals surface area contributed by atoms with Gasteiger partial charge in [-0.25, -0.2) is 0 Å². The highest BCUT2D eigenvalue weighted by atomic mass is 79.9. The molecule has 1 nitrogen and oxygen atoms in total. The van der Waals surface area contributed by atoms with Gasteiger partial charge in [-0.2, -0.15) is 4.57 Å². The molecule has 1 atom stereocenters. The lowest BCUT2D eigenvalue weighted by molar-refractivity contribution is -0.749. The Morgan fingerprint density at radius 1 is 1.47 bits per heavy atom. The van der Waals surface area contributed by atoms with Crippen LogP contribution in [0.5, 0.6) is 0 Å². The first kappa shape index (κ1) is 10.1. The van der Waals surface area contributed by atoms with Gasteiger partial charge in [-0.1, -0.05) is 39.4 Å². The molecule has 0 saturated carbocycles. The van der Waals surface area contributed by atoms with Gasteiger partial charge < -0.3 is 0 Å². The van der Waals surface area contributed by atoms with Crippen LogP contribution in [0.1, 0.15) is 6.92 Å². The van der Waals surface area contributed by atoms with Crippen LogP contribution in [-0.2, 0) is 5.54 Å². The smallest absolute Gasteiger partial charge is 0.169 e. The van der Waals surface area contributed by atoms with Gasteiger partial charge in [-0.15, -0.1) is 0 Å². The van der Waals surface area contributed by atoms with Crippen molar-refractivity contribution in [1.82, 2.24) is 0 Å². The van der Waals surface area contributed by atoms with Crippen LogP contribution in [0.25, 0.3) is 10.2 Å². The van der Waals surface area contributed by atoms with Gasteiger partial charge in [0.1, 0.15) is 4.70 Å². The summed E-state index contributed by atoms with van der Waals surface area (Å²) in [7, 11) is 0. The number of hydrogen-bond acceptors (Lipinski definition) is 2. The largest absolute Gasteiger partial charge is 0.299 e. The molecular weight excluding hydrogens is 290 g/mol. The van der Waals surface area contributed by atoms with Crippen LogP contribution >= 0.6 is 39.0 Å². The van der Waals surface area contributed by atoms with Crippen molar-refractivity contribution in [2.75, 3.05) is 11.1 Å². The van der Waals surface area contributed by atoms with E-state index in [2.05, 4.69) is 51.7 Å². The number of para-hydroxylation sites is 1. The summed E-state index contributed by atoms with van der Waals surface area (Å²) in [4.78, 5) is 0. The van der Waals surface area contributed by atoms with Crippen LogP contribution in [-0.4, -0.2) is 11.1 Å². The van der Waals surface area contributed by atoms with Gasteiger partial charge in [-0.05, 0) is 17.8 Å². The summed E-state index contributed by atoms with van der Waals surface area (Å²) in [5.41, 5.74) is 1.61. The SMILES string of the molecule is CC1(CBr)CSc2sc3ccccc3[n+]21. The van der Waals surface area contributed by atoms with Crippen LogP contribution in [0.15, 0.2) is 28.6 Å². The third kappa shape index (κ3) is 1.38. The molecule has 0 bridgehead atoms. The lowest BCUT2D eigenvalue weighted by atomic mass is 10.1. The second-order valence-electron chi connectivity index (χ2n) is 4.09. The summed E-state index contributed by atoms with van der Waals surface area (Å²) in [5.74, 6) is 1.18. The molecule has 15 heavy (non-hydrogen) atoms. The molecule has 78 valence electrons. The number of thioether (sulfide) groups is 1. The number of rotatable bonds is 1. The van der Waals surface area contributed by atoms with Crippen molar-refractivity contribution >= 4 is 49.2 Å². The van der Waals surface area contributed by atoms with Crippen molar-refractivity contribution in [3.63, 3.8) is 0 Å². The first-order valence-electron chi connectivity index (χ1n) is 4.87. The van der Waals surface area contributed by atoms with E-state index in [0.717, 1.165) is 5.33 Å². The Morgan fingerprint density at radius 2 is 2.27 bits per heavy atom. The fourth-order valence-corrected chi connectivity index (χ4v) is 5.47. The van der Waals surface area contributed by atoms with E-state index in [9.17, 15) is 0 Å². The maximum Gasteiger partial charge on any atom is 0.299 e. The minimum Gasteiger partial charge on any atom is -0.169 e. The van der Waals surface area contributed by atoms with Crippen molar-refractivity contribution in [1.29, 1.82) is 0 Å². The van der Waals surface area contributed by atoms with Gasteiger partial charge in [0.15, 0.2) is 5.54 Å². The number of alkyl halides is 1. The highest BCUT2D eigenvalue weighted by Gasteiger charge is 2.45. The molecule has 3 rings (SSSR count). The van der Waals surface area contributed by atoms with Crippen molar-refractivity contribution in [2.24, 2.45) is 0 Å². The predicted molar refractivity (Wildman–Crippen MR) is 70.2 cm³/mol. The van der Waals surface area contributed by atoms with Crippen molar-refractivity contribution in [3.05, 3.63) is 24.3 Å². The zero-order chi connectivity index (χ0) is 10.5. The molecule has 1 aliphatic rings. The van der Waals surface area contributed by atoms with E-state index in [4.69, 9.17) is 0 Å². The summed E-state index contributed by atoms with van der Waals surface area (Å²) < 4.78 is 5.33. The van der Waals surface area contributed by atoms with E-state index in [-0.39, 0.29) is 5.54 Å². The molecule has 2 heterocycles. The number of benzene rings is 1. The summed E-state index contributed by atoms with van der Waals surface area (Å²) >= 11 is 7.53. The number of aromatic nitrogens is 1. The molecule has 0 fully saturated rings.